The van der Waals surface area contributed by atoms with Gasteiger partial charge in [0.25, 0.3) is 0 Å². The number of hydrogen-bond donors (Lipinski definition) is 1. The Bertz CT molecular complexity index is 1220. The highest BCUT2D eigenvalue weighted by Crippen LogP contribution is 2.20. The number of anilines is 2. The Morgan fingerprint density at radius 3 is 1.39 bits per heavy atom. The lowest BCUT2D eigenvalue weighted by atomic mass is 10.3. The maximum atomic E-state index is 5.59. The van der Waals surface area contributed by atoms with E-state index in [9.17, 15) is 0 Å². The number of nitrogens with two attached hydrogens (primary N) is 1. The van der Waals surface area contributed by atoms with Gasteiger partial charge in [-0.2, -0.15) is 0 Å². The van der Waals surface area contributed by atoms with E-state index < -0.39 is 0 Å². The van der Waals surface area contributed by atoms with Gasteiger partial charge in [0, 0.05) is 35.7 Å². The van der Waals surface area contributed by atoms with Crippen molar-refractivity contribution in [1.29, 1.82) is 0 Å². The van der Waals surface area contributed by atoms with E-state index in [0.29, 0.717) is 0 Å². The molecule has 4 aromatic rings. The van der Waals surface area contributed by atoms with Gasteiger partial charge in [-0.1, -0.05) is 10.2 Å². The van der Waals surface area contributed by atoms with Crippen molar-refractivity contribution in [2.75, 3.05) is 24.7 Å². The van der Waals surface area contributed by atoms with Gasteiger partial charge in [0.1, 0.15) is 11.4 Å². The minimum Gasteiger partial charge on any atom is -0.399 e. The lowest BCUT2D eigenvalue weighted by Crippen LogP contribution is -2.25. The van der Waals surface area contributed by atoms with Crippen LogP contribution in [-0.2, 0) is 28.2 Å². The highest BCUT2D eigenvalue weighted by atomic mass is 15.3. The average Bonchev–Trinajstić information content (AvgIpc) is 3.32. The summed E-state index contributed by atoms with van der Waals surface area (Å²) in [5, 5.41) is 16.8. The van der Waals surface area contributed by atoms with Gasteiger partial charge in [0.05, 0.1) is 53.0 Å². The first-order chi connectivity index (χ1) is 16.2. The smallest absolute Gasteiger partial charge is 0.399 e. The standard InChI is InChI=1S/C13H18N5.C11H13N5.2CH3/c1-16(2)12-7-5-11(6-8-12)14-15-13-17(3)9-10-18(13)4;1-15-7-8-16(2)11(15)14-13-10-5-3-9(12)4-6-10;;/h5-10H,1-4H3;3-8,12H,1-2H3;2*1H3/q+1;;2*-1/p+1. The Hall–Kier alpha value is -4.34. The molecular weight excluding hydrogens is 452 g/mol. The molecule has 2 N–H and O–H groups in total. The van der Waals surface area contributed by atoms with Gasteiger partial charge in [0.15, 0.2) is 0 Å². The van der Waals surface area contributed by atoms with E-state index in [1.54, 1.807) is 12.1 Å². The number of imidazole rings is 2. The third-order valence-electron chi connectivity index (χ3n) is 5.06. The third-order valence-corrected chi connectivity index (χ3v) is 5.06. The van der Waals surface area contributed by atoms with E-state index in [4.69, 9.17) is 5.73 Å². The zero-order chi connectivity index (χ0) is 24.7. The van der Waals surface area contributed by atoms with Crippen molar-refractivity contribution in [3.05, 3.63) is 88.2 Å². The molecule has 0 bridgehead atoms. The molecule has 2 heterocycles. The highest BCUT2D eigenvalue weighted by Gasteiger charge is 2.11. The summed E-state index contributed by atoms with van der Waals surface area (Å²) < 4.78 is 7.66. The van der Waals surface area contributed by atoms with Crippen molar-refractivity contribution in [1.82, 2.24) is 9.13 Å². The molecule has 2 aromatic carbocycles. The topological polar surface area (TPSA) is 96.3 Å². The summed E-state index contributed by atoms with van der Waals surface area (Å²) in [6, 6.07) is 15.3. The second-order valence-corrected chi connectivity index (χ2v) is 8.04. The minimum absolute atomic E-state index is 0. The summed E-state index contributed by atoms with van der Waals surface area (Å²) in [4.78, 5) is 2.05. The Balaban J connectivity index is 0.000000343. The summed E-state index contributed by atoms with van der Waals surface area (Å²) in [6.45, 7) is 0. The van der Waals surface area contributed by atoms with Gasteiger partial charge in [-0.3, -0.25) is 0 Å². The summed E-state index contributed by atoms with van der Waals surface area (Å²) >= 11 is 0. The van der Waals surface area contributed by atoms with Gasteiger partial charge in [-0.15, -0.1) is 0 Å². The zero-order valence-corrected chi connectivity index (χ0v) is 22.5. The molecule has 0 spiro atoms. The number of aryl methyl sites for hydroxylation is 4. The van der Waals surface area contributed by atoms with Crippen molar-refractivity contribution >= 4 is 34.6 Å². The number of benzene rings is 2. The van der Waals surface area contributed by atoms with Crippen molar-refractivity contribution in [2.24, 2.45) is 48.6 Å². The molecule has 0 saturated heterocycles. The lowest BCUT2D eigenvalue weighted by Gasteiger charge is -2.11. The van der Waals surface area contributed by atoms with Crippen LogP contribution in [0.3, 0.4) is 0 Å². The minimum atomic E-state index is 0. The molecular formula is C26H38N10. The molecule has 0 fully saturated rings. The summed E-state index contributed by atoms with van der Waals surface area (Å²) in [5.74, 6) is 1.60. The Kier molecular flexibility index (Phi) is 11.2. The van der Waals surface area contributed by atoms with Gasteiger partial charge in [-0.25, -0.2) is 18.3 Å². The molecule has 0 aliphatic heterocycles. The normalized spacial score (nSPS) is 10.5. The average molecular weight is 491 g/mol. The van der Waals surface area contributed by atoms with Gasteiger partial charge >= 0.3 is 11.9 Å². The van der Waals surface area contributed by atoms with Crippen molar-refractivity contribution in [3.63, 3.8) is 0 Å². The van der Waals surface area contributed by atoms with E-state index in [-0.39, 0.29) is 14.9 Å². The van der Waals surface area contributed by atoms with Crippen molar-refractivity contribution < 1.29 is 9.13 Å². The Morgan fingerprint density at radius 2 is 1.06 bits per heavy atom. The first kappa shape index (κ1) is 29.7. The number of nitrogens with zero attached hydrogens (tertiary/aromatic N) is 9. The van der Waals surface area contributed by atoms with Crippen LogP contribution in [0.15, 0.2) is 93.8 Å². The quantitative estimate of drug-likeness (QED) is 0.183. The fourth-order valence-electron chi connectivity index (χ4n) is 3.01. The van der Waals surface area contributed by atoms with Crippen LogP contribution in [0.5, 0.6) is 0 Å². The van der Waals surface area contributed by atoms with E-state index in [2.05, 4.69) is 25.4 Å². The maximum absolute atomic E-state index is 5.59. The molecule has 0 saturated carbocycles. The first-order valence-corrected chi connectivity index (χ1v) is 10.7. The molecule has 0 amide bonds. The Morgan fingerprint density at radius 1 is 0.667 bits per heavy atom. The second kappa shape index (κ2) is 13.5. The predicted molar refractivity (Wildman–Crippen MR) is 146 cm³/mol. The first-order valence-electron chi connectivity index (χ1n) is 10.7. The maximum Gasteiger partial charge on any atom is 0.421 e. The molecule has 192 valence electrons. The summed E-state index contributed by atoms with van der Waals surface area (Å²) in [6.07, 6.45) is 7.75. The molecule has 0 atom stereocenters. The van der Waals surface area contributed by atoms with Crippen molar-refractivity contribution in [2.45, 2.75) is 0 Å². The number of aromatic nitrogens is 4. The molecule has 36 heavy (non-hydrogen) atoms. The van der Waals surface area contributed by atoms with Gasteiger partial charge in [-0.05, 0) is 48.5 Å². The number of azo groups is 2. The monoisotopic (exact) mass is 490 g/mol. The van der Waals surface area contributed by atoms with Crippen LogP contribution >= 0.6 is 0 Å². The van der Waals surface area contributed by atoms with Crippen LogP contribution in [0.25, 0.3) is 0 Å². The summed E-state index contributed by atoms with van der Waals surface area (Å²) in [5.41, 5.74) is 9.10. The van der Waals surface area contributed by atoms with E-state index in [1.165, 1.54) is 0 Å². The van der Waals surface area contributed by atoms with Crippen LogP contribution in [-0.4, -0.2) is 23.2 Å². The van der Waals surface area contributed by atoms with Gasteiger partial charge < -0.3 is 25.5 Å². The van der Waals surface area contributed by atoms with Crippen LogP contribution in [0.1, 0.15) is 0 Å². The van der Waals surface area contributed by atoms with Crippen molar-refractivity contribution in [3.8, 4) is 0 Å². The van der Waals surface area contributed by atoms with E-state index in [0.717, 1.165) is 34.6 Å². The zero-order valence-electron chi connectivity index (χ0n) is 22.5. The van der Waals surface area contributed by atoms with E-state index >= 15 is 0 Å². The van der Waals surface area contributed by atoms with Crippen LogP contribution in [0.4, 0.5) is 34.6 Å². The number of rotatable bonds is 5. The van der Waals surface area contributed by atoms with Crippen LogP contribution < -0.4 is 19.8 Å². The summed E-state index contributed by atoms with van der Waals surface area (Å²) in [7, 11) is 11.8. The second-order valence-electron chi connectivity index (χ2n) is 8.04. The fraction of sp³-hybridized carbons (Fsp3) is 0.231. The molecule has 10 heteroatoms. The molecule has 4 rings (SSSR count). The third kappa shape index (κ3) is 7.86. The predicted octanol–water partition coefficient (Wildman–Crippen LogP) is 5.08. The molecule has 0 aliphatic rings. The molecule has 0 unspecified atom stereocenters. The molecule has 10 nitrogen and oxygen atoms in total. The largest absolute Gasteiger partial charge is 0.421 e. The number of nitrogen functional groups attached to an aromatic ring is 1. The van der Waals surface area contributed by atoms with Crippen LogP contribution in [0, 0.1) is 14.9 Å². The molecule has 0 radical (unpaired) electrons. The lowest BCUT2D eigenvalue weighted by molar-refractivity contribution is -0.657. The van der Waals surface area contributed by atoms with Gasteiger partial charge in [0.2, 0.25) is 0 Å². The Labute approximate surface area is 214 Å². The SMILES string of the molecule is CN(C)c1ccc(N=Nc2n(C)cc[n+]2C)cc1.Cn1cc[n+](C)c1N=Nc1ccc(N)cc1.[CH3-].[CH3-]. The van der Waals surface area contributed by atoms with Crippen LogP contribution in [0.2, 0.25) is 0 Å². The fourth-order valence-corrected chi connectivity index (χ4v) is 3.01. The van der Waals surface area contributed by atoms with E-state index in [1.807, 2.05) is 122 Å². The number of hydrogen-bond acceptors (Lipinski definition) is 6. The highest BCUT2D eigenvalue weighted by molar-refractivity contribution is 5.51. The molecule has 0 aliphatic carbocycles. The molecule has 2 aromatic heterocycles.